The first-order chi connectivity index (χ1) is 9.99. The molecule has 21 heavy (non-hydrogen) atoms. The average molecular weight is 310 g/mol. The summed E-state index contributed by atoms with van der Waals surface area (Å²) in [7, 11) is 0. The molecule has 1 atom stereocenters. The Bertz CT molecular complexity index is 540. The first kappa shape index (κ1) is 15.8. The Balaban J connectivity index is 2.20. The fourth-order valence-corrected chi connectivity index (χ4v) is 3.00. The summed E-state index contributed by atoms with van der Waals surface area (Å²) < 4.78 is 0. The molecule has 0 aliphatic heterocycles. The highest BCUT2D eigenvalue weighted by molar-refractivity contribution is 6.30. The lowest BCUT2D eigenvalue weighted by molar-refractivity contribution is -0.143. The number of carbonyl (C=O) groups excluding carboxylic acids is 1. The van der Waals surface area contributed by atoms with E-state index < -0.39 is 17.4 Å². The molecule has 1 fully saturated rings. The molecule has 1 aliphatic rings. The quantitative estimate of drug-likeness (QED) is 0.848. The minimum atomic E-state index is -0.981. The highest BCUT2D eigenvalue weighted by atomic mass is 35.5. The number of benzene rings is 1. The largest absolute Gasteiger partial charge is 0.480 e. The molecule has 5 heteroatoms. The van der Waals surface area contributed by atoms with Crippen LogP contribution in [0.2, 0.25) is 5.02 Å². The van der Waals surface area contributed by atoms with Crippen LogP contribution in [-0.4, -0.2) is 23.0 Å². The van der Waals surface area contributed by atoms with Crippen LogP contribution in [0.25, 0.3) is 0 Å². The second-order valence-corrected chi connectivity index (χ2v) is 6.04. The Morgan fingerprint density at radius 1 is 1.43 bits per heavy atom. The van der Waals surface area contributed by atoms with Gasteiger partial charge in [0.15, 0.2) is 0 Å². The molecule has 0 bridgehead atoms. The molecule has 0 spiro atoms. The highest BCUT2D eigenvalue weighted by Gasteiger charge is 2.46. The number of carboxylic acid groups (broad SMARTS) is 1. The van der Waals surface area contributed by atoms with Crippen LogP contribution < -0.4 is 5.32 Å². The van der Waals surface area contributed by atoms with Crippen LogP contribution in [0.3, 0.4) is 0 Å². The number of carbonyl (C=O) groups is 2. The van der Waals surface area contributed by atoms with E-state index >= 15 is 0 Å². The Morgan fingerprint density at radius 2 is 2.14 bits per heavy atom. The van der Waals surface area contributed by atoms with Crippen LogP contribution >= 0.6 is 11.6 Å². The zero-order valence-electron chi connectivity index (χ0n) is 12.1. The van der Waals surface area contributed by atoms with Gasteiger partial charge in [0.25, 0.3) is 0 Å². The predicted octanol–water partition coefficient (Wildman–Crippen LogP) is 3.13. The Kier molecular flexibility index (Phi) is 4.88. The number of amides is 1. The SMILES string of the molecule is CCC[C@@H](NC(=O)C1(c2cccc(Cl)c2)CCC1)C(=O)O. The highest BCUT2D eigenvalue weighted by Crippen LogP contribution is 2.44. The van der Waals surface area contributed by atoms with Crippen molar-refractivity contribution in [3.8, 4) is 0 Å². The van der Waals surface area contributed by atoms with Crippen molar-refractivity contribution in [2.45, 2.75) is 50.5 Å². The van der Waals surface area contributed by atoms with Crippen molar-refractivity contribution in [1.29, 1.82) is 0 Å². The smallest absolute Gasteiger partial charge is 0.326 e. The number of nitrogens with one attached hydrogen (secondary N) is 1. The van der Waals surface area contributed by atoms with Crippen LogP contribution in [0.5, 0.6) is 0 Å². The Labute approximate surface area is 129 Å². The number of aliphatic carboxylic acids is 1. The third-order valence-corrected chi connectivity index (χ3v) is 4.43. The predicted molar refractivity (Wildman–Crippen MR) is 81.5 cm³/mol. The van der Waals surface area contributed by atoms with E-state index in [2.05, 4.69) is 5.32 Å². The summed E-state index contributed by atoms with van der Waals surface area (Å²) in [6.07, 6.45) is 3.58. The van der Waals surface area contributed by atoms with Crippen molar-refractivity contribution >= 4 is 23.5 Å². The second-order valence-electron chi connectivity index (χ2n) is 5.60. The van der Waals surface area contributed by atoms with Crippen LogP contribution in [0.4, 0.5) is 0 Å². The maximum atomic E-state index is 12.6. The van der Waals surface area contributed by atoms with Gasteiger partial charge in [-0.1, -0.05) is 43.5 Å². The molecular formula is C16H20ClNO3. The standard InChI is InChI=1S/C16H20ClNO3/c1-2-5-13(14(19)20)18-15(21)16(8-4-9-16)11-6-3-7-12(17)10-11/h3,6-7,10,13H,2,4-5,8-9H2,1H3,(H,18,21)(H,19,20)/t13-/m1/s1. The summed E-state index contributed by atoms with van der Waals surface area (Å²) in [4.78, 5) is 23.8. The van der Waals surface area contributed by atoms with Gasteiger partial charge < -0.3 is 10.4 Å². The van der Waals surface area contributed by atoms with Gasteiger partial charge in [-0.15, -0.1) is 0 Å². The fourth-order valence-electron chi connectivity index (χ4n) is 2.81. The molecule has 1 aromatic rings. The number of hydrogen-bond donors (Lipinski definition) is 2. The maximum absolute atomic E-state index is 12.6. The molecule has 0 aromatic heterocycles. The number of carboxylic acids is 1. The van der Waals surface area contributed by atoms with Gasteiger partial charge in [-0.3, -0.25) is 4.79 Å². The van der Waals surface area contributed by atoms with Gasteiger partial charge in [0.2, 0.25) is 5.91 Å². The van der Waals surface area contributed by atoms with Crippen LogP contribution in [-0.2, 0) is 15.0 Å². The van der Waals surface area contributed by atoms with Crippen molar-refractivity contribution in [2.75, 3.05) is 0 Å². The molecule has 1 aliphatic carbocycles. The molecule has 114 valence electrons. The van der Waals surface area contributed by atoms with Crippen molar-refractivity contribution in [1.82, 2.24) is 5.32 Å². The fraction of sp³-hybridized carbons (Fsp3) is 0.500. The molecule has 4 nitrogen and oxygen atoms in total. The van der Waals surface area contributed by atoms with Gasteiger partial charge >= 0.3 is 5.97 Å². The minimum Gasteiger partial charge on any atom is -0.480 e. The third kappa shape index (κ3) is 3.21. The second kappa shape index (κ2) is 6.48. The van der Waals surface area contributed by atoms with E-state index in [9.17, 15) is 14.7 Å². The summed E-state index contributed by atoms with van der Waals surface area (Å²) in [6.45, 7) is 1.90. The number of hydrogen-bond acceptors (Lipinski definition) is 2. The molecule has 1 amide bonds. The molecule has 0 saturated heterocycles. The van der Waals surface area contributed by atoms with Crippen molar-refractivity contribution < 1.29 is 14.7 Å². The topological polar surface area (TPSA) is 66.4 Å². The molecule has 1 saturated carbocycles. The van der Waals surface area contributed by atoms with Crippen LogP contribution in [0.1, 0.15) is 44.6 Å². The number of halogens is 1. The van der Waals surface area contributed by atoms with E-state index in [-0.39, 0.29) is 5.91 Å². The van der Waals surface area contributed by atoms with Gasteiger partial charge in [0, 0.05) is 5.02 Å². The molecule has 0 unspecified atom stereocenters. The molecule has 0 radical (unpaired) electrons. The Morgan fingerprint density at radius 3 is 2.62 bits per heavy atom. The third-order valence-electron chi connectivity index (χ3n) is 4.20. The van der Waals surface area contributed by atoms with Gasteiger partial charge in [-0.05, 0) is 37.0 Å². The van der Waals surface area contributed by atoms with E-state index in [0.717, 1.165) is 24.8 Å². The van der Waals surface area contributed by atoms with Crippen LogP contribution in [0.15, 0.2) is 24.3 Å². The molecular weight excluding hydrogens is 290 g/mol. The first-order valence-corrected chi connectivity index (χ1v) is 7.67. The molecule has 2 rings (SSSR count). The lowest BCUT2D eigenvalue weighted by atomic mass is 9.63. The molecule has 0 heterocycles. The van der Waals surface area contributed by atoms with Gasteiger partial charge in [-0.2, -0.15) is 0 Å². The number of rotatable bonds is 6. The Hall–Kier alpha value is -1.55. The van der Waals surface area contributed by atoms with E-state index in [4.69, 9.17) is 11.6 Å². The van der Waals surface area contributed by atoms with Crippen molar-refractivity contribution in [3.63, 3.8) is 0 Å². The first-order valence-electron chi connectivity index (χ1n) is 7.29. The maximum Gasteiger partial charge on any atom is 0.326 e. The lowest BCUT2D eigenvalue weighted by Gasteiger charge is -2.41. The zero-order valence-corrected chi connectivity index (χ0v) is 12.8. The summed E-state index contributed by atoms with van der Waals surface area (Å²) in [5.74, 6) is -1.18. The normalized spacial score (nSPS) is 17.6. The van der Waals surface area contributed by atoms with Gasteiger partial charge in [0.05, 0.1) is 5.41 Å². The summed E-state index contributed by atoms with van der Waals surface area (Å²) in [6, 6.07) is 6.47. The molecule has 2 N–H and O–H groups in total. The average Bonchev–Trinajstić information content (AvgIpc) is 2.37. The van der Waals surface area contributed by atoms with Gasteiger partial charge in [-0.25, -0.2) is 4.79 Å². The van der Waals surface area contributed by atoms with Crippen molar-refractivity contribution in [3.05, 3.63) is 34.9 Å². The summed E-state index contributed by atoms with van der Waals surface area (Å²) >= 11 is 6.02. The van der Waals surface area contributed by atoms with Gasteiger partial charge in [0.1, 0.15) is 6.04 Å². The van der Waals surface area contributed by atoms with E-state index in [0.29, 0.717) is 17.9 Å². The minimum absolute atomic E-state index is 0.197. The van der Waals surface area contributed by atoms with Crippen LogP contribution in [0, 0.1) is 0 Å². The lowest BCUT2D eigenvalue weighted by Crippen LogP contribution is -2.53. The van der Waals surface area contributed by atoms with E-state index in [1.54, 1.807) is 12.1 Å². The summed E-state index contributed by atoms with van der Waals surface area (Å²) in [5, 5.41) is 12.5. The monoisotopic (exact) mass is 309 g/mol. The summed E-state index contributed by atoms with van der Waals surface area (Å²) in [5.41, 5.74) is 0.256. The van der Waals surface area contributed by atoms with E-state index in [1.165, 1.54) is 0 Å². The van der Waals surface area contributed by atoms with E-state index in [1.807, 2.05) is 19.1 Å². The molecule has 1 aromatic carbocycles. The zero-order chi connectivity index (χ0) is 15.5. The van der Waals surface area contributed by atoms with Crippen molar-refractivity contribution in [2.24, 2.45) is 0 Å².